The van der Waals surface area contributed by atoms with E-state index in [0.29, 0.717) is 5.88 Å². The van der Waals surface area contributed by atoms with Gasteiger partial charge in [-0.1, -0.05) is 11.6 Å². The molecule has 0 aromatic carbocycles. The molecule has 1 N–H and O–H groups in total. The Balaban J connectivity index is 2.50. The molecule has 1 aromatic rings. The average molecular weight is 133 g/mol. The highest BCUT2D eigenvalue weighted by Crippen LogP contribution is 2.01. The van der Waals surface area contributed by atoms with E-state index >= 15 is 0 Å². The van der Waals surface area contributed by atoms with Gasteiger partial charge in [0.25, 0.3) is 0 Å². The SMILES string of the molecule is ClCOc1ccn[nH]1. The van der Waals surface area contributed by atoms with Gasteiger partial charge in [-0.05, 0) is 0 Å². The first-order valence-electron chi connectivity index (χ1n) is 2.11. The third kappa shape index (κ3) is 1.13. The molecule has 0 aliphatic heterocycles. The smallest absolute Gasteiger partial charge is 0.210 e. The summed E-state index contributed by atoms with van der Waals surface area (Å²) in [5, 5.41) is 6.21. The molecule has 1 aromatic heterocycles. The predicted molar refractivity (Wildman–Crippen MR) is 29.9 cm³/mol. The lowest BCUT2D eigenvalue weighted by atomic mass is 10.7. The zero-order valence-corrected chi connectivity index (χ0v) is 4.85. The molecule has 0 aliphatic rings. The van der Waals surface area contributed by atoms with E-state index in [1.807, 2.05) is 0 Å². The van der Waals surface area contributed by atoms with Crippen LogP contribution in [0.3, 0.4) is 0 Å². The van der Waals surface area contributed by atoms with Gasteiger partial charge in [0.15, 0.2) is 6.07 Å². The fourth-order valence-electron chi connectivity index (χ4n) is 0.382. The summed E-state index contributed by atoms with van der Waals surface area (Å²) in [6, 6.07) is 1.85. The Morgan fingerprint density at radius 2 is 2.75 bits per heavy atom. The summed E-state index contributed by atoms with van der Waals surface area (Å²) in [5.74, 6) is 0.597. The Hall–Kier alpha value is -0.700. The number of hydrogen-bond donors (Lipinski definition) is 1. The first kappa shape index (κ1) is 5.44. The molecule has 0 atom stereocenters. The molecule has 0 unspecified atom stereocenters. The minimum absolute atomic E-state index is 0.155. The molecule has 0 amide bonds. The molecule has 8 heavy (non-hydrogen) atoms. The summed E-state index contributed by atoms with van der Waals surface area (Å²) in [7, 11) is 0. The first-order valence-corrected chi connectivity index (χ1v) is 2.65. The number of nitrogens with zero attached hydrogens (tertiary/aromatic N) is 1. The molecule has 3 nitrogen and oxygen atoms in total. The molecule has 1 rings (SSSR count). The van der Waals surface area contributed by atoms with Crippen LogP contribution in [0, 0.1) is 0 Å². The van der Waals surface area contributed by atoms with Crippen molar-refractivity contribution in [1.29, 1.82) is 0 Å². The number of aromatic amines is 1. The third-order valence-corrected chi connectivity index (χ3v) is 0.794. The number of hydrogen-bond acceptors (Lipinski definition) is 2. The van der Waals surface area contributed by atoms with E-state index in [-0.39, 0.29) is 6.07 Å². The fraction of sp³-hybridized carbons (Fsp3) is 0.250. The van der Waals surface area contributed by atoms with Crippen molar-refractivity contribution in [2.45, 2.75) is 0 Å². The van der Waals surface area contributed by atoms with Crippen molar-refractivity contribution in [2.75, 3.05) is 6.07 Å². The molecule has 44 valence electrons. The van der Waals surface area contributed by atoms with Crippen LogP contribution in [-0.4, -0.2) is 16.3 Å². The molecular formula is C4H5ClN2O. The van der Waals surface area contributed by atoms with Gasteiger partial charge in [0, 0.05) is 6.07 Å². The lowest BCUT2D eigenvalue weighted by molar-refractivity contribution is 0.371. The number of rotatable bonds is 2. The van der Waals surface area contributed by atoms with Crippen LogP contribution in [0.5, 0.6) is 5.88 Å². The highest BCUT2D eigenvalue weighted by molar-refractivity contribution is 6.17. The number of H-pyrrole nitrogens is 1. The molecule has 4 heteroatoms. The van der Waals surface area contributed by atoms with Gasteiger partial charge < -0.3 is 4.74 Å². The normalized spacial score (nSPS) is 9.12. The van der Waals surface area contributed by atoms with E-state index in [2.05, 4.69) is 10.2 Å². The van der Waals surface area contributed by atoms with E-state index in [0.717, 1.165) is 0 Å². The molecule has 0 spiro atoms. The zero-order chi connectivity index (χ0) is 5.82. The van der Waals surface area contributed by atoms with Crippen LogP contribution in [-0.2, 0) is 0 Å². The second kappa shape index (κ2) is 2.57. The molecule has 0 fully saturated rings. The van der Waals surface area contributed by atoms with Crippen LogP contribution in [0.25, 0.3) is 0 Å². The Labute approximate surface area is 51.6 Å². The summed E-state index contributed by atoms with van der Waals surface area (Å²) in [6.45, 7) is 0. The summed E-state index contributed by atoms with van der Waals surface area (Å²) in [6.07, 6.45) is 1.60. The second-order valence-electron chi connectivity index (χ2n) is 1.17. The highest BCUT2D eigenvalue weighted by atomic mass is 35.5. The molecule has 0 radical (unpaired) electrons. The van der Waals surface area contributed by atoms with Crippen LogP contribution < -0.4 is 4.74 Å². The Kier molecular flexibility index (Phi) is 1.75. The van der Waals surface area contributed by atoms with Crippen molar-refractivity contribution in [3.8, 4) is 5.88 Å². The van der Waals surface area contributed by atoms with Gasteiger partial charge in [-0.2, -0.15) is 5.10 Å². The molecular weight excluding hydrogens is 128 g/mol. The van der Waals surface area contributed by atoms with Crippen molar-refractivity contribution < 1.29 is 4.74 Å². The van der Waals surface area contributed by atoms with Crippen LogP contribution in [0.1, 0.15) is 0 Å². The number of aromatic nitrogens is 2. The molecule has 0 saturated heterocycles. The number of alkyl halides is 1. The number of nitrogens with one attached hydrogen (secondary N) is 1. The van der Waals surface area contributed by atoms with Crippen molar-refractivity contribution in [3.63, 3.8) is 0 Å². The minimum Gasteiger partial charge on any atom is -0.462 e. The van der Waals surface area contributed by atoms with Crippen molar-refractivity contribution >= 4 is 11.6 Å². The molecule has 0 bridgehead atoms. The average Bonchev–Trinajstić information content (AvgIpc) is 2.19. The lowest BCUT2D eigenvalue weighted by Crippen LogP contribution is -1.87. The summed E-state index contributed by atoms with van der Waals surface area (Å²) in [5.41, 5.74) is 0. The van der Waals surface area contributed by atoms with Crippen molar-refractivity contribution in [2.24, 2.45) is 0 Å². The lowest BCUT2D eigenvalue weighted by Gasteiger charge is -1.91. The van der Waals surface area contributed by atoms with E-state index in [1.54, 1.807) is 12.3 Å². The van der Waals surface area contributed by atoms with Crippen molar-refractivity contribution in [3.05, 3.63) is 12.3 Å². The maximum Gasteiger partial charge on any atom is 0.210 e. The van der Waals surface area contributed by atoms with Gasteiger partial charge in [0.2, 0.25) is 5.88 Å². The Bertz CT molecular complexity index is 140. The summed E-state index contributed by atoms with van der Waals surface area (Å²) in [4.78, 5) is 0. The first-order chi connectivity index (χ1) is 3.93. The minimum atomic E-state index is 0.155. The van der Waals surface area contributed by atoms with Gasteiger partial charge in [-0.3, -0.25) is 0 Å². The Morgan fingerprint density at radius 1 is 1.88 bits per heavy atom. The highest BCUT2D eigenvalue weighted by Gasteiger charge is 1.87. The monoisotopic (exact) mass is 132 g/mol. The Morgan fingerprint density at radius 3 is 3.25 bits per heavy atom. The maximum atomic E-state index is 5.22. The van der Waals surface area contributed by atoms with Crippen molar-refractivity contribution in [1.82, 2.24) is 10.2 Å². The summed E-state index contributed by atoms with van der Waals surface area (Å²) < 4.78 is 4.79. The standard InChI is InChI=1S/C4H5ClN2O/c5-3-8-4-1-2-6-7-4/h1-2H,3H2,(H,6,7). The zero-order valence-electron chi connectivity index (χ0n) is 4.10. The van der Waals surface area contributed by atoms with E-state index in [4.69, 9.17) is 16.3 Å². The largest absolute Gasteiger partial charge is 0.462 e. The second-order valence-corrected chi connectivity index (χ2v) is 1.39. The van der Waals surface area contributed by atoms with Gasteiger partial charge >= 0.3 is 0 Å². The van der Waals surface area contributed by atoms with Crippen LogP contribution in [0.4, 0.5) is 0 Å². The van der Waals surface area contributed by atoms with Crippen LogP contribution >= 0.6 is 11.6 Å². The quantitative estimate of drug-likeness (QED) is 0.610. The van der Waals surface area contributed by atoms with Gasteiger partial charge in [0.1, 0.15) is 0 Å². The molecule has 0 saturated carbocycles. The number of ether oxygens (including phenoxy) is 1. The predicted octanol–water partition coefficient (Wildman–Crippen LogP) is 0.985. The van der Waals surface area contributed by atoms with Gasteiger partial charge in [-0.25, -0.2) is 5.10 Å². The van der Waals surface area contributed by atoms with E-state index in [9.17, 15) is 0 Å². The molecule has 1 heterocycles. The molecule has 0 aliphatic carbocycles. The van der Waals surface area contributed by atoms with Gasteiger partial charge in [0.05, 0.1) is 6.20 Å². The van der Waals surface area contributed by atoms with Gasteiger partial charge in [-0.15, -0.1) is 0 Å². The van der Waals surface area contributed by atoms with Crippen LogP contribution in [0.15, 0.2) is 12.3 Å². The summed E-state index contributed by atoms with van der Waals surface area (Å²) >= 11 is 5.22. The number of halogens is 1. The van der Waals surface area contributed by atoms with E-state index in [1.165, 1.54) is 0 Å². The third-order valence-electron chi connectivity index (χ3n) is 0.685. The fourth-order valence-corrected chi connectivity index (χ4v) is 0.500. The maximum absolute atomic E-state index is 5.22. The van der Waals surface area contributed by atoms with E-state index < -0.39 is 0 Å². The topological polar surface area (TPSA) is 37.9 Å². The van der Waals surface area contributed by atoms with Crippen LogP contribution in [0.2, 0.25) is 0 Å².